The predicted octanol–water partition coefficient (Wildman–Crippen LogP) is 4.51. The quantitative estimate of drug-likeness (QED) is 0.356. The molecular formula is C23H21FN4O2S. The molecule has 0 aliphatic rings. The third-order valence-corrected chi connectivity index (χ3v) is 5.86. The number of nitrogens with zero attached hydrogens (tertiary/aromatic N) is 2. The number of carbonyl (C=O) groups excluding carboxylic acids is 1. The van der Waals surface area contributed by atoms with Crippen LogP contribution in [0.3, 0.4) is 0 Å². The summed E-state index contributed by atoms with van der Waals surface area (Å²) in [6.07, 6.45) is 0. The summed E-state index contributed by atoms with van der Waals surface area (Å²) in [4.78, 5) is 33.4. The molecule has 0 radical (unpaired) electrons. The highest BCUT2D eigenvalue weighted by atomic mass is 32.2. The van der Waals surface area contributed by atoms with E-state index in [1.807, 2.05) is 39.0 Å². The smallest absolute Gasteiger partial charge is 0.283 e. The number of carbonyl (C=O) groups is 1. The van der Waals surface area contributed by atoms with Crippen LogP contribution in [0.15, 0.2) is 58.5 Å². The van der Waals surface area contributed by atoms with Gasteiger partial charge >= 0.3 is 0 Å². The Bertz CT molecular complexity index is 1320. The molecule has 31 heavy (non-hydrogen) atoms. The fraction of sp³-hybridized carbons (Fsp3) is 0.174. The number of aromatic nitrogens is 3. The molecule has 0 spiro atoms. The summed E-state index contributed by atoms with van der Waals surface area (Å²) >= 11 is 1.16. The molecule has 4 aromatic rings. The number of hydrogen-bond donors (Lipinski definition) is 2. The minimum Gasteiger partial charge on any atom is -0.353 e. The molecule has 0 fully saturated rings. The van der Waals surface area contributed by atoms with E-state index in [-0.39, 0.29) is 17.2 Å². The van der Waals surface area contributed by atoms with Gasteiger partial charge in [-0.2, -0.15) is 0 Å². The molecule has 2 aromatic heterocycles. The number of para-hydroxylation sites is 1. The number of fused-ring (bicyclic) bond motifs is 1. The molecule has 6 nitrogen and oxygen atoms in total. The lowest BCUT2D eigenvalue weighted by Gasteiger charge is -2.13. The minimum absolute atomic E-state index is 0.0658. The summed E-state index contributed by atoms with van der Waals surface area (Å²) in [6, 6.07) is 13.2. The van der Waals surface area contributed by atoms with Crippen molar-refractivity contribution in [1.82, 2.24) is 14.5 Å². The molecule has 4 rings (SSSR count). The Morgan fingerprint density at radius 3 is 2.48 bits per heavy atom. The zero-order valence-corrected chi connectivity index (χ0v) is 18.1. The Kier molecular flexibility index (Phi) is 5.65. The number of thioether (sulfide) groups is 1. The molecule has 2 heterocycles. The average Bonchev–Trinajstić information content (AvgIpc) is 3.11. The maximum atomic E-state index is 13.4. The Labute approximate surface area is 182 Å². The molecule has 2 N–H and O–H groups in total. The van der Waals surface area contributed by atoms with Crippen LogP contribution in [0.1, 0.15) is 16.8 Å². The summed E-state index contributed by atoms with van der Waals surface area (Å²) in [5.74, 6) is -0.535. The topological polar surface area (TPSA) is 79.8 Å². The predicted molar refractivity (Wildman–Crippen MR) is 122 cm³/mol. The van der Waals surface area contributed by atoms with Crippen molar-refractivity contribution in [3.8, 4) is 5.69 Å². The Morgan fingerprint density at radius 1 is 1.13 bits per heavy atom. The normalized spacial score (nSPS) is 11.1. The molecule has 0 saturated heterocycles. The van der Waals surface area contributed by atoms with Crippen molar-refractivity contribution in [2.24, 2.45) is 0 Å². The highest BCUT2D eigenvalue weighted by Gasteiger charge is 2.17. The minimum atomic E-state index is -0.399. The van der Waals surface area contributed by atoms with Crippen molar-refractivity contribution < 1.29 is 9.18 Å². The first-order chi connectivity index (χ1) is 14.8. The van der Waals surface area contributed by atoms with Gasteiger partial charge in [0, 0.05) is 11.4 Å². The van der Waals surface area contributed by atoms with E-state index in [2.05, 4.69) is 15.3 Å². The van der Waals surface area contributed by atoms with Gasteiger partial charge in [-0.1, -0.05) is 30.0 Å². The van der Waals surface area contributed by atoms with E-state index in [0.717, 1.165) is 34.3 Å². The molecule has 0 saturated carbocycles. The molecule has 158 valence electrons. The summed E-state index contributed by atoms with van der Waals surface area (Å²) in [6.45, 7) is 5.71. The SMILES string of the molecule is Cc1cc2nc(SCC(=O)Nc3c(C)cccc3C)n(-c3ccc(F)cc3)c(=O)c2[nH]1. The second-order valence-electron chi connectivity index (χ2n) is 7.33. The van der Waals surface area contributed by atoms with Crippen molar-refractivity contribution in [2.45, 2.75) is 25.9 Å². The lowest BCUT2D eigenvalue weighted by atomic mass is 10.1. The number of benzene rings is 2. The number of rotatable bonds is 5. The van der Waals surface area contributed by atoms with Crippen molar-refractivity contribution in [3.63, 3.8) is 0 Å². The van der Waals surface area contributed by atoms with Gasteiger partial charge in [-0.15, -0.1) is 0 Å². The molecular weight excluding hydrogens is 415 g/mol. The summed E-state index contributed by atoms with van der Waals surface area (Å²) in [5.41, 5.74) is 4.61. The van der Waals surface area contributed by atoms with Gasteiger partial charge in [0.25, 0.3) is 5.56 Å². The van der Waals surface area contributed by atoms with Crippen molar-refractivity contribution >= 4 is 34.4 Å². The van der Waals surface area contributed by atoms with Gasteiger partial charge in [0.05, 0.1) is 17.0 Å². The summed E-state index contributed by atoms with van der Waals surface area (Å²) in [7, 11) is 0. The Hall–Kier alpha value is -3.39. The maximum Gasteiger partial charge on any atom is 0.283 e. The lowest BCUT2D eigenvalue weighted by Crippen LogP contribution is -2.23. The zero-order chi connectivity index (χ0) is 22.1. The number of H-pyrrole nitrogens is 1. The highest BCUT2D eigenvalue weighted by Crippen LogP contribution is 2.24. The fourth-order valence-electron chi connectivity index (χ4n) is 3.41. The third-order valence-electron chi connectivity index (χ3n) is 4.92. The molecule has 0 aliphatic heterocycles. The molecule has 0 aliphatic carbocycles. The summed E-state index contributed by atoms with van der Waals surface area (Å²) < 4.78 is 14.8. The standard InChI is InChI=1S/C23H21FN4O2S/c1-13-5-4-6-14(2)20(13)27-19(29)12-31-23-26-18-11-15(3)25-21(18)22(30)28(23)17-9-7-16(24)8-10-17/h4-11,25H,12H2,1-3H3,(H,27,29). The summed E-state index contributed by atoms with van der Waals surface area (Å²) in [5, 5.41) is 3.30. The van der Waals surface area contributed by atoms with Gasteiger partial charge in [-0.25, -0.2) is 9.37 Å². The number of aromatic amines is 1. The van der Waals surface area contributed by atoms with E-state index in [4.69, 9.17) is 0 Å². The van der Waals surface area contributed by atoms with Gasteiger partial charge in [-0.05, 0) is 62.2 Å². The first-order valence-electron chi connectivity index (χ1n) is 9.70. The Morgan fingerprint density at radius 2 is 1.81 bits per heavy atom. The van der Waals surface area contributed by atoms with E-state index in [1.165, 1.54) is 28.8 Å². The first kappa shape index (κ1) is 20.9. The van der Waals surface area contributed by atoms with Crippen LogP contribution in [0.5, 0.6) is 0 Å². The first-order valence-corrected chi connectivity index (χ1v) is 10.7. The zero-order valence-electron chi connectivity index (χ0n) is 17.3. The molecule has 2 aromatic carbocycles. The third kappa shape index (κ3) is 4.25. The van der Waals surface area contributed by atoms with E-state index in [9.17, 15) is 14.0 Å². The van der Waals surface area contributed by atoms with Gasteiger partial charge in [0.15, 0.2) is 5.16 Å². The highest BCUT2D eigenvalue weighted by molar-refractivity contribution is 7.99. The van der Waals surface area contributed by atoms with Crippen molar-refractivity contribution in [3.05, 3.63) is 81.5 Å². The van der Waals surface area contributed by atoms with Crippen molar-refractivity contribution in [2.75, 3.05) is 11.1 Å². The average molecular weight is 437 g/mol. The van der Waals surface area contributed by atoms with Crippen LogP contribution in [0.2, 0.25) is 0 Å². The Balaban J connectivity index is 1.68. The molecule has 1 amide bonds. The van der Waals surface area contributed by atoms with Crippen LogP contribution in [0.4, 0.5) is 10.1 Å². The number of aryl methyl sites for hydroxylation is 3. The van der Waals surface area contributed by atoms with Crippen LogP contribution in [-0.2, 0) is 4.79 Å². The van der Waals surface area contributed by atoms with E-state index < -0.39 is 5.82 Å². The van der Waals surface area contributed by atoms with Gasteiger partial charge in [-0.3, -0.25) is 14.2 Å². The van der Waals surface area contributed by atoms with Crippen LogP contribution >= 0.6 is 11.8 Å². The van der Waals surface area contributed by atoms with Crippen LogP contribution in [-0.4, -0.2) is 26.2 Å². The number of anilines is 1. The van der Waals surface area contributed by atoms with Crippen LogP contribution in [0.25, 0.3) is 16.7 Å². The lowest BCUT2D eigenvalue weighted by molar-refractivity contribution is -0.113. The van der Waals surface area contributed by atoms with Gasteiger partial charge in [0.1, 0.15) is 11.3 Å². The molecule has 0 unspecified atom stereocenters. The van der Waals surface area contributed by atoms with Crippen molar-refractivity contribution in [1.29, 1.82) is 0 Å². The second kappa shape index (κ2) is 8.39. The monoisotopic (exact) mass is 436 g/mol. The number of hydrogen-bond acceptors (Lipinski definition) is 4. The number of halogens is 1. The number of nitrogens with one attached hydrogen (secondary N) is 2. The van der Waals surface area contributed by atoms with Gasteiger partial charge in [0.2, 0.25) is 5.91 Å². The van der Waals surface area contributed by atoms with E-state index >= 15 is 0 Å². The van der Waals surface area contributed by atoms with Gasteiger partial charge < -0.3 is 10.3 Å². The van der Waals surface area contributed by atoms with E-state index in [0.29, 0.717) is 21.9 Å². The molecule has 8 heteroatoms. The molecule has 0 atom stereocenters. The maximum absolute atomic E-state index is 13.4. The number of amides is 1. The van der Waals surface area contributed by atoms with Crippen LogP contribution in [0, 0.1) is 26.6 Å². The molecule has 0 bridgehead atoms. The second-order valence-corrected chi connectivity index (χ2v) is 8.27. The van der Waals surface area contributed by atoms with Crippen LogP contribution < -0.4 is 10.9 Å². The fourth-order valence-corrected chi connectivity index (χ4v) is 4.22. The van der Waals surface area contributed by atoms with E-state index in [1.54, 1.807) is 6.07 Å². The largest absolute Gasteiger partial charge is 0.353 e.